The Morgan fingerprint density at radius 2 is 1.65 bits per heavy atom. The molecule has 0 N–H and O–H groups in total. The van der Waals surface area contributed by atoms with Crippen LogP contribution in [0.1, 0.15) is 22.9 Å². The maximum Gasteiger partial charge on any atom is 0.244 e. The summed E-state index contributed by atoms with van der Waals surface area (Å²) >= 11 is 3.45. The highest BCUT2D eigenvalue weighted by Crippen LogP contribution is 2.36. The second-order valence-electron chi connectivity index (χ2n) is 6.51. The number of hydrogen-bond acceptors (Lipinski definition) is 2. The zero-order chi connectivity index (χ0) is 18.3. The monoisotopic (exact) mass is 430 g/mol. The van der Waals surface area contributed by atoms with E-state index in [1.54, 1.807) is 16.4 Å². The quantitative estimate of drug-likeness (QED) is 0.619. The van der Waals surface area contributed by atoms with Gasteiger partial charge < -0.3 is 4.57 Å². The van der Waals surface area contributed by atoms with Gasteiger partial charge in [0.05, 0.1) is 10.9 Å². The summed E-state index contributed by atoms with van der Waals surface area (Å²) in [7, 11) is -3.60. The molecule has 0 saturated carbocycles. The van der Waals surface area contributed by atoms with E-state index in [1.807, 2.05) is 61.7 Å². The molecule has 6 heteroatoms. The lowest BCUT2D eigenvalue weighted by molar-refractivity contribution is 0.298. The number of sulfonamides is 1. The molecule has 1 aliphatic heterocycles. The van der Waals surface area contributed by atoms with Crippen molar-refractivity contribution in [1.29, 1.82) is 0 Å². The molecule has 2 heterocycles. The second-order valence-corrected chi connectivity index (χ2v) is 9.32. The van der Waals surface area contributed by atoms with E-state index in [0.29, 0.717) is 18.0 Å². The molecule has 1 atom stereocenters. The average molecular weight is 431 g/mol. The number of benzene rings is 2. The Bertz CT molecular complexity index is 1020. The van der Waals surface area contributed by atoms with Crippen molar-refractivity contribution in [2.75, 3.05) is 6.54 Å². The molecular formula is C20H19BrN2O2S. The van der Waals surface area contributed by atoms with Crippen LogP contribution in [0, 0.1) is 6.92 Å². The molecule has 0 unspecified atom stereocenters. The Balaban J connectivity index is 1.83. The summed E-state index contributed by atoms with van der Waals surface area (Å²) in [5, 5.41) is 0. The predicted octanol–water partition coefficient (Wildman–Crippen LogP) is 4.35. The topological polar surface area (TPSA) is 42.3 Å². The summed E-state index contributed by atoms with van der Waals surface area (Å²) in [6, 6.07) is 18.6. The first-order valence-electron chi connectivity index (χ1n) is 8.46. The second kappa shape index (κ2) is 6.68. The Hall–Kier alpha value is -1.89. The fourth-order valence-corrected chi connectivity index (χ4v) is 5.29. The molecule has 4 rings (SSSR count). The van der Waals surface area contributed by atoms with E-state index in [9.17, 15) is 8.42 Å². The molecule has 1 aromatic heterocycles. The molecule has 0 fully saturated rings. The van der Waals surface area contributed by atoms with Crippen LogP contribution in [0.4, 0.5) is 0 Å². The molecule has 3 aromatic rings. The van der Waals surface area contributed by atoms with Crippen molar-refractivity contribution >= 4 is 26.0 Å². The lowest BCUT2D eigenvalue weighted by Gasteiger charge is -2.36. The van der Waals surface area contributed by atoms with Crippen molar-refractivity contribution in [2.24, 2.45) is 0 Å². The van der Waals surface area contributed by atoms with Crippen LogP contribution in [0.3, 0.4) is 0 Å². The first-order chi connectivity index (χ1) is 12.5. The number of nitrogens with zero attached hydrogens (tertiary/aromatic N) is 2. The van der Waals surface area contributed by atoms with Crippen LogP contribution >= 0.6 is 15.9 Å². The summed E-state index contributed by atoms with van der Waals surface area (Å²) < 4.78 is 31.5. The van der Waals surface area contributed by atoms with Gasteiger partial charge in [0.2, 0.25) is 10.0 Å². The van der Waals surface area contributed by atoms with Crippen molar-refractivity contribution in [1.82, 2.24) is 8.87 Å². The Kier molecular flexibility index (Phi) is 4.50. The first-order valence-corrected chi connectivity index (χ1v) is 10.7. The number of rotatable bonds is 3. The normalized spacial score (nSPS) is 17.8. The highest BCUT2D eigenvalue weighted by molar-refractivity contribution is 9.10. The number of hydrogen-bond donors (Lipinski definition) is 0. The minimum Gasteiger partial charge on any atom is -0.348 e. The standard InChI is InChI=1S/C20H19BrN2O2S/c1-15-4-10-18(11-5-15)26(24,25)23-14-13-22-12-2-3-19(22)20(23)16-6-8-17(21)9-7-16/h2-12,20H,13-14H2,1H3/t20-/m1/s1. The summed E-state index contributed by atoms with van der Waals surface area (Å²) in [5.41, 5.74) is 3.00. The highest BCUT2D eigenvalue weighted by atomic mass is 79.9. The summed E-state index contributed by atoms with van der Waals surface area (Å²) in [6.07, 6.45) is 2.01. The van der Waals surface area contributed by atoms with Gasteiger partial charge in [0.25, 0.3) is 0 Å². The smallest absolute Gasteiger partial charge is 0.244 e. The molecule has 0 radical (unpaired) electrons. The van der Waals surface area contributed by atoms with Crippen LogP contribution in [-0.4, -0.2) is 23.8 Å². The van der Waals surface area contributed by atoms with Crippen LogP contribution in [0.15, 0.2) is 76.2 Å². The van der Waals surface area contributed by atoms with Crippen molar-refractivity contribution < 1.29 is 8.42 Å². The van der Waals surface area contributed by atoms with Crippen LogP contribution in [0.2, 0.25) is 0 Å². The molecule has 134 valence electrons. The number of halogens is 1. The van der Waals surface area contributed by atoms with Gasteiger partial charge in [-0.1, -0.05) is 45.8 Å². The Morgan fingerprint density at radius 1 is 0.962 bits per heavy atom. The Morgan fingerprint density at radius 3 is 2.35 bits per heavy atom. The minimum atomic E-state index is -3.60. The highest BCUT2D eigenvalue weighted by Gasteiger charge is 2.37. The van der Waals surface area contributed by atoms with E-state index < -0.39 is 10.0 Å². The first kappa shape index (κ1) is 17.5. The van der Waals surface area contributed by atoms with Gasteiger partial charge in [0.1, 0.15) is 0 Å². The van der Waals surface area contributed by atoms with E-state index in [4.69, 9.17) is 0 Å². The van der Waals surface area contributed by atoms with Crippen molar-refractivity contribution in [3.63, 3.8) is 0 Å². The van der Waals surface area contributed by atoms with Gasteiger partial charge in [0, 0.05) is 29.5 Å². The third-order valence-electron chi connectivity index (χ3n) is 4.81. The van der Waals surface area contributed by atoms with Gasteiger partial charge in [-0.25, -0.2) is 8.42 Å². The van der Waals surface area contributed by atoms with E-state index in [-0.39, 0.29) is 6.04 Å². The van der Waals surface area contributed by atoms with Crippen molar-refractivity contribution in [2.45, 2.75) is 24.4 Å². The molecule has 0 aliphatic carbocycles. The zero-order valence-electron chi connectivity index (χ0n) is 14.3. The van der Waals surface area contributed by atoms with E-state index in [0.717, 1.165) is 21.3 Å². The average Bonchev–Trinajstić information content (AvgIpc) is 3.11. The van der Waals surface area contributed by atoms with Gasteiger partial charge in [-0.05, 0) is 48.9 Å². The SMILES string of the molecule is Cc1ccc(S(=O)(=O)N2CCn3cccc3[C@H]2c2ccc(Br)cc2)cc1. The minimum absolute atomic E-state index is 0.335. The lowest BCUT2D eigenvalue weighted by Crippen LogP contribution is -2.42. The fraction of sp³-hybridized carbons (Fsp3) is 0.200. The molecule has 4 nitrogen and oxygen atoms in total. The summed E-state index contributed by atoms with van der Waals surface area (Å²) in [5.74, 6) is 0. The maximum absolute atomic E-state index is 13.4. The largest absolute Gasteiger partial charge is 0.348 e. The zero-order valence-corrected chi connectivity index (χ0v) is 16.7. The maximum atomic E-state index is 13.4. The summed E-state index contributed by atoms with van der Waals surface area (Å²) in [6.45, 7) is 3.05. The molecule has 0 spiro atoms. The molecule has 0 amide bonds. The molecule has 0 bridgehead atoms. The van der Waals surface area contributed by atoms with Gasteiger partial charge in [-0.2, -0.15) is 4.31 Å². The molecule has 2 aromatic carbocycles. The molecule has 26 heavy (non-hydrogen) atoms. The van der Waals surface area contributed by atoms with E-state index in [2.05, 4.69) is 20.5 Å². The van der Waals surface area contributed by atoms with Crippen LogP contribution < -0.4 is 0 Å². The van der Waals surface area contributed by atoms with Crippen LogP contribution in [0.5, 0.6) is 0 Å². The van der Waals surface area contributed by atoms with Gasteiger partial charge in [-0.3, -0.25) is 0 Å². The van der Waals surface area contributed by atoms with Crippen LogP contribution in [0.25, 0.3) is 0 Å². The molecule has 0 saturated heterocycles. The van der Waals surface area contributed by atoms with Gasteiger partial charge >= 0.3 is 0 Å². The van der Waals surface area contributed by atoms with Gasteiger partial charge in [0.15, 0.2) is 0 Å². The predicted molar refractivity (Wildman–Crippen MR) is 105 cm³/mol. The van der Waals surface area contributed by atoms with E-state index >= 15 is 0 Å². The van der Waals surface area contributed by atoms with Crippen LogP contribution in [-0.2, 0) is 16.6 Å². The van der Waals surface area contributed by atoms with Gasteiger partial charge in [-0.15, -0.1) is 0 Å². The number of fused-ring (bicyclic) bond motifs is 1. The third-order valence-corrected chi connectivity index (χ3v) is 7.21. The fourth-order valence-electron chi connectivity index (χ4n) is 3.45. The molecule has 1 aliphatic rings. The lowest BCUT2D eigenvalue weighted by atomic mass is 10.0. The molecular weight excluding hydrogens is 412 g/mol. The number of aryl methyl sites for hydroxylation is 1. The Labute approximate surface area is 162 Å². The van der Waals surface area contributed by atoms with E-state index in [1.165, 1.54) is 0 Å². The van der Waals surface area contributed by atoms with Crippen molar-refractivity contribution in [3.05, 3.63) is 88.2 Å². The third kappa shape index (κ3) is 3.02. The number of aromatic nitrogens is 1. The van der Waals surface area contributed by atoms with Crippen molar-refractivity contribution in [3.8, 4) is 0 Å². The summed E-state index contributed by atoms with van der Waals surface area (Å²) in [4.78, 5) is 0.338.